The van der Waals surface area contributed by atoms with Gasteiger partial charge in [0.2, 0.25) is 11.8 Å². The van der Waals surface area contributed by atoms with Crippen LogP contribution in [0.4, 0.5) is 36.4 Å². The zero-order valence-electron chi connectivity index (χ0n) is 25.3. The number of hydrogen-bond donors (Lipinski definition) is 2. The Kier molecular flexibility index (Phi) is 7.98. The summed E-state index contributed by atoms with van der Waals surface area (Å²) in [5, 5.41) is 3.08. The summed E-state index contributed by atoms with van der Waals surface area (Å²) < 4.78 is 103. The van der Waals surface area contributed by atoms with Crippen molar-refractivity contribution in [3.05, 3.63) is 82.4 Å². The molecule has 0 unspecified atom stereocenters. The third kappa shape index (κ3) is 6.28. The third-order valence-electron chi connectivity index (χ3n) is 8.03. The van der Waals surface area contributed by atoms with Crippen LogP contribution in [0.5, 0.6) is 0 Å². The van der Waals surface area contributed by atoms with Gasteiger partial charge in [-0.05, 0) is 93.6 Å². The molecule has 0 saturated carbocycles. The number of nitrogens with zero attached hydrogens (tertiary/aromatic N) is 2. The number of amides is 2. The fourth-order valence-electron chi connectivity index (χ4n) is 5.32. The number of carbonyl (C=O) groups excluding carboxylic acids is 2. The third-order valence-corrected chi connectivity index (χ3v) is 8.03. The largest absolute Gasteiger partial charge is 0.416 e. The normalized spacial score (nSPS) is 19.5. The van der Waals surface area contributed by atoms with Crippen LogP contribution in [0.2, 0.25) is 0 Å². The second-order valence-corrected chi connectivity index (χ2v) is 11.6. The number of likely N-dealkylation sites (N-methyl/N-ethyl adjacent to an activating group) is 1. The summed E-state index contributed by atoms with van der Waals surface area (Å²) in [6.07, 6.45) is -8.21. The predicted molar refractivity (Wildman–Crippen MR) is 150 cm³/mol. The SMILES string of the molecule is [2H]C[C@@]1(C(N)=O)CC[C@H](c2cc(-c3ccc(F)cc3C)c(N(C)C(=O)C(C)(C)c3cc(C(F)(F)F)cc(C(F)(F)F)c3)cn2)N1. The quantitative estimate of drug-likeness (QED) is 0.294. The number of anilines is 1. The molecule has 4 rings (SSSR count). The first-order valence-corrected chi connectivity index (χ1v) is 13.4. The van der Waals surface area contributed by atoms with Crippen molar-refractivity contribution in [1.82, 2.24) is 10.3 Å². The summed E-state index contributed by atoms with van der Waals surface area (Å²) in [4.78, 5) is 31.6. The molecule has 1 aliphatic rings. The highest BCUT2D eigenvalue weighted by molar-refractivity contribution is 6.03. The molecule has 1 aliphatic heterocycles. The van der Waals surface area contributed by atoms with E-state index in [2.05, 4.69) is 10.3 Å². The van der Waals surface area contributed by atoms with Gasteiger partial charge in [0.15, 0.2) is 0 Å². The smallest absolute Gasteiger partial charge is 0.368 e. The minimum Gasteiger partial charge on any atom is -0.368 e. The molecule has 0 bridgehead atoms. The molecular formula is C31H31F7N4O2. The van der Waals surface area contributed by atoms with E-state index in [0.29, 0.717) is 40.9 Å². The number of nitrogens with two attached hydrogens (primary N) is 1. The molecule has 0 radical (unpaired) electrons. The molecule has 6 nitrogen and oxygen atoms in total. The number of pyridine rings is 1. The zero-order valence-corrected chi connectivity index (χ0v) is 24.3. The number of nitrogens with one attached hydrogen (secondary N) is 1. The predicted octanol–water partition coefficient (Wildman–Crippen LogP) is 6.84. The number of halogens is 7. The number of rotatable bonds is 6. The van der Waals surface area contributed by atoms with E-state index >= 15 is 0 Å². The fourth-order valence-corrected chi connectivity index (χ4v) is 5.32. The van der Waals surface area contributed by atoms with Gasteiger partial charge in [-0.3, -0.25) is 19.9 Å². The van der Waals surface area contributed by atoms with E-state index in [1.165, 1.54) is 45.3 Å². The van der Waals surface area contributed by atoms with Crippen LogP contribution in [0.15, 0.2) is 48.7 Å². The van der Waals surface area contributed by atoms with Gasteiger partial charge in [-0.25, -0.2) is 4.39 Å². The lowest BCUT2D eigenvalue weighted by Gasteiger charge is -2.32. The van der Waals surface area contributed by atoms with E-state index in [0.717, 1.165) is 4.90 Å². The van der Waals surface area contributed by atoms with Gasteiger partial charge in [-0.2, -0.15) is 26.3 Å². The first-order chi connectivity index (χ1) is 20.7. The highest BCUT2D eigenvalue weighted by atomic mass is 19.4. The first kappa shape index (κ1) is 31.4. The molecule has 13 heteroatoms. The summed E-state index contributed by atoms with van der Waals surface area (Å²) in [6, 6.07) is 6.07. The van der Waals surface area contributed by atoms with E-state index in [1.54, 1.807) is 13.0 Å². The van der Waals surface area contributed by atoms with Gasteiger partial charge in [0, 0.05) is 14.0 Å². The summed E-state index contributed by atoms with van der Waals surface area (Å²) >= 11 is 0. The number of aromatic nitrogens is 1. The Morgan fingerprint density at radius 1 is 1.00 bits per heavy atom. The maximum atomic E-state index is 14.0. The van der Waals surface area contributed by atoms with Crippen LogP contribution in [0.3, 0.4) is 0 Å². The molecule has 3 N–H and O–H groups in total. The fraction of sp³-hybridized carbons (Fsp3) is 0.387. The maximum absolute atomic E-state index is 14.0. The minimum atomic E-state index is -5.10. The van der Waals surface area contributed by atoms with Crippen LogP contribution >= 0.6 is 0 Å². The van der Waals surface area contributed by atoms with Crippen LogP contribution in [0.1, 0.15) is 68.9 Å². The molecule has 2 atom stereocenters. The molecule has 0 aliphatic carbocycles. The summed E-state index contributed by atoms with van der Waals surface area (Å²) in [7, 11) is 1.31. The molecule has 2 aromatic carbocycles. The minimum absolute atomic E-state index is 0.00344. The molecule has 2 amide bonds. The number of benzene rings is 2. The van der Waals surface area contributed by atoms with Crippen molar-refractivity contribution in [2.45, 2.75) is 69.9 Å². The zero-order chi connectivity index (χ0) is 33.7. The van der Waals surface area contributed by atoms with Crippen molar-refractivity contribution < 1.29 is 41.7 Å². The lowest BCUT2D eigenvalue weighted by molar-refractivity contribution is -0.143. The number of carbonyl (C=O) groups is 2. The number of primary amides is 1. The Labute approximate surface area is 250 Å². The monoisotopic (exact) mass is 625 g/mol. The van der Waals surface area contributed by atoms with E-state index in [1.807, 2.05) is 0 Å². The van der Waals surface area contributed by atoms with Crippen molar-refractivity contribution in [1.29, 1.82) is 0 Å². The van der Waals surface area contributed by atoms with Crippen LogP contribution < -0.4 is 16.0 Å². The Balaban J connectivity index is 1.82. The Hall–Kier alpha value is -4.00. The summed E-state index contributed by atoms with van der Waals surface area (Å²) in [5.41, 5.74) is 0.677. The molecule has 2 heterocycles. The first-order valence-electron chi connectivity index (χ1n) is 14.1. The summed E-state index contributed by atoms with van der Waals surface area (Å²) in [6.45, 7) is 3.76. The Morgan fingerprint density at radius 3 is 2.09 bits per heavy atom. The molecule has 0 spiro atoms. The lowest BCUT2D eigenvalue weighted by atomic mass is 9.81. The second kappa shape index (κ2) is 11.2. The van der Waals surface area contributed by atoms with Gasteiger partial charge in [-0.15, -0.1) is 0 Å². The average molecular weight is 626 g/mol. The highest BCUT2D eigenvalue weighted by Gasteiger charge is 2.42. The Morgan fingerprint density at radius 2 is 1.59 bits per heavy atom. The number of alkyl halides is 6. The van der Waals surface area contributed by atoms with Gasteiger partial charge in [0.05, 0.1) is 45.7 Å². The number of hydrogen-bond acceptors (Lipinski definition) is 4. The van der Waals surface area contributed by atoms with Gasteiger partial charge in [0.1, 0.15) is 5.82 Å². The summed E-state index contributed by atoms with van der Waals surface area (Å²) in [5.74, 6) is -2.06. The van der Waals surface area contributed by atoms with Crippen LogP contribution in [0, 0.1) is 12.7 Å². The van der Waals surface area contributed by atoms with Gasteiger partial charge < -0.3 is 10.6 Å². The van der Waals surface area contributed by atoms with Gasteiger partial charge in [0.25, 0.3) is 0 Å². The average Bonchev–Trinajstić information content (AvgIpc) is 3.41. The van der Waals surface area contributed by atoms with E-state index in [9.17, 15) is 40.3 Å². The van der Waals surface area contributed by atoms with Gasteiger partial charge in [-0.1, -0.05) is 6.07 Å². The molecular weight excluding hydrogens is 593 g/mol. The second-order valence-electron chi connectivity index (χ2n) is 11.6. The molecule has 236 valence electrons. The van der Waals surface area contributed by atoms with Crippen LogP contribution in [-0.2, 0) is 27.4 Å². The topological polar surface area (TPSA) is 88.3 Å². The van der Waals surface area contributed by atoms with Crippen molar-refractivity contribution in [2.75, 3.05) is 11.9 Å². The van der Waals surface area contributed by atoms with Crippen molar-refractivity contribution in [3.8, 4) is 11.1 Å². The van der Waals surface area contributed by atoms with E-state index in [4.69, 9.17) is 7.10 Å². The van der Waals surface area contributed by atoms with Gasteiger partial charge >= 0.3 is 12.4 Å². The standard InChI is InChI=1S/C31H31F7N4O2/c1-16-10-20(32)6-7-21(16)22-14-24(23-8-9-29(4,41-23)26(39)43)40-15-25(22)42(5)27(44)28(2,3)17-11-18(30(33,34)35)13-19(12-17)31(36,37)38/h6-7,10-15,23,41H,8-9H2,1-5H3,(H2,39,43)/t23-,29+/m1/s1/i4D. The number of aryl methyl sites for hydroxylation is 1. The highest BCUT2D eigenvalue weighted by Crippen LogP contribution is 2.42. The lowest BCUT2D eigenvalue weighted by Crippen LogP contribution is -2.49. The maximum Gasteiger partial charge on any atom is 0.416 e. The van der Waals surface area contributed by atoms with Crippen molar-refractivity contribution >= 4 is 17.5 Å². The molecule has 1 fully saturated rings. The molecule has 44 heavy (non-hydrogen) atoms. The van der Waals surface area contributed by atoms with E-state index < -0.39 is 63.7 Å². The van der Waals surface area contributed by atoms with Crippen LogP contribution in [0.25, 0.3) is 11.1 Å². The molecule has 3 aromatic rings. The van der Waals surface area contributed by atoms with Crippen molar-refractivity contribution in [3.63, 3.8) is 0 Å². The van der Waals surface area contributed by atoms with E-state index in [-0.39, 0.29) is 25.1 Å². The van der Waals surface area contributed by atoms with Crippen LogP contribution in [-0.4, -0.2) is 29.4 Å². The van der Waals surface area contributed by atoms with Crippen molar-refractivity contribution in [2.24, 2.45) is 5.73 Å². The Bertz CT molecular complexity index is 1610. The molecule has 1 saturated heterocycles. The molecule has 1 aromatic heterocycles.